The van der Waals surface area contributed by atoms with Crippen LogP contribution in [-0.2, 0) is 4.79 Å². The van der Waals surface area contributed by atoms with Gasteiger partial charge in [0, 0.05) is 19.7 Å². The summed E-state index contributed by atoms with van der Waals surface area (Å²) in [6.45, 7) is 2.04. The number of hydrogen-bond donors (Lipinski definition) is 2. The minimum absolute atomic E-state index is 0.244. The van der Waals surface area contributed by atoms with Crippen molar-refractivity contribution < 1.29 is 19.6 Å². The Morgan fingerprint density at radius 3 is 2.65 bits per heavy atom. The van der Waals surface area contributed by atoms with E-state index in [1.54, 1.807) is 14.0 Å². The van der Waals surface area contributed by atoms with Crippen LogP contribution in [0.4, 0.5) is 5.69 Å². The second-order valence-electron chi connectivity index (χ2n) is 4.02. The van der Waals surface area contributed by atoms with Crippen molar-refractivity contribution in [1.29, 1.82) is 0 Å². The van der Waals surface area contributed by atoms with Gasteiger partial charge in [0.2, 0.25) is 11.7 Å². The number of aromatic hydroxyl groups is 1. The summed E-state index contributed by atoms with van der Waals surface area (Å²) in [5.74, 6) is -1.76. The van der Waals surface area contributed by atoms with Crippen LogP contribution in [0.1, 0.15) is 17.3 Å². The number of hydrogen-bond acceptors (Lipinski definition) is 5. The number of rotatable bonds is 5. The van der Waals surface area contributed by atoms with E-state index in [1.165, 1.54) is 17.0 Å². The zero-order valence-electron chi connectivity index (χ0n) is 11.1. The first-order valence-electron chi connectivity index (χ1n) is 5.87. The number of carbonyl (C=O) groups is 2. The predicted octanol–water partition coefficient (Wildman–Crippen LogP) is 0.508. The third-order valence-corrected chi connectivity index (χ3v) is 2.76. The lowest BCUT2D eigenvalue weighted by Crippen LogP contribution is -2.38. The molecule has 0 saturated heterocycles. The van der Waals surface area contributed by atoms with Crippen molar-refractivity contribution in [2.45, 2.75) is 6.92 Å². The van der Waals surface area contributed by atoms with Gasteiger partial charge in [-0.2, -0.15) is 0 Å². The molecular weight excluding hydrogens is 266 g/mol. The molecule has 0 aromatic heterocycles. The van der Waals surface area contributed by atoms with Gasteiger partial charge in [-0.1, -0.05) is 6.07 Å². The number of phenolic OH excluding ortho intramolecular Hbond substituents is 1. The molecule has 0 spiro atoms. The summed E-state index contributed by atoms with van der Waals surface area (Å²) in [7, 11) is 1.58. The summed E-state index contributed by atoms with van der Waals surface area (Å²) in [6.07, 6.45) is 0. The minimum Gasteiger partial charge on any atom is -0.502 e. The number of nitrogens with zero attached hydrogens (tertiary/aromatic N) is 2. The van der Waals surface area contributed by atoms with Crippen LogP contribution in [0.25, 0.3) is 0 Å². The van der Waals surface area contributed by atoms with E-state index in [2.05, 4.69) is 5.32 Å². The first-order chi connectivity index (χ1) is 9.38. The van der Waals surface area contributed by atoms with E-state index in [0.717, 1.165) is 6.07 Å². The molecule has 0 saturated carbocycles. The van der Waals surface area contributed by atoms with E-state index in [9.17, 15) is 24.8 Å². The molecule has 0 aliphatic carbocycles. The Hall–Kier alpha value is -2.64. The fourth-order valence-corrected chi connectivity index (χ4v) is 1.42. The van der Waals surface area contributed by atoms with Crippen molar-refractivity contribution in [2.24, 2.45) is 0 Å². The lowest BCUT2D eigenvalue weighted by atomic mass is 10.1. The van der Waals surface area contributed by atoms with Crippen LogP contribution >= 0.6 is 0 Å². The minimum atomic E-state index is -0.790. The van der Waals surface area contributed by atoms with Crippen molar-refractivity contribution in [3.8, 4) is 5.75 Å². The third-order valence-electron chi connectivity index (χ3n) is 2.76. The molecule has 1 aromatic carbocycles. The highest BCUT2D eigenvalue weighted by molar-refractivity contribution is 5.99. The van der Waals surface area contributed by atoms with Gasteiger partial charge in [0.05, 0.1) is 17.0 Å². The van der Waals surface area contributed by atoms with Gasteiger partial charge in [-0.25, -0.2) is 0 Å². The van der Waals surface area contributed by atoms with Crippen LogP contribution in [-0.4, -0.2) is 46.9 Å². The van der Waals surface area contributed by atoms with Crippen LogP contribution in [0.15, 0.2) is 18.2 Å². The molecule has 0 fully saturated rings. The summed E-state index contributed by atoms with van der Waals surface area (Å²) >= 11 is 0. The summed E-state index contributed by atoms with van der Waals surface area (Å²) < 4.78 is 0. The second-order valence-corrected chi connectivity index (χ2v) is 4.02. The first kappa shape index (κ1) is 15.4. The molecule has 0 aliphatic heterocycles. The molecule has 8 heteroatoms. The zero-order valence-corrected chi connectivity index (χ0v) is 11.1. The first-order valence-corrected chi connectivity index (χ1v) is 5.87. The third kappa shape index (κ3) is 3.44. The number of carbonyl (C=O) groups excluding carboxylic acids is 2. The van der Waals surface area contributed by atoms with Crippen molar-refractivity contribution >= 4 is 17.5 Å². The van der Waals surface area contributed by atoms with Crippen molar-refractivity contribution in [1.82, 2.24) is 10.2 Å². The fourth-order valence-electron chi connectivity index (χ4n) is 1.42. The van der Waals surface area contributed by atoms with Crippen molar-refractivity contribution in [2.75, 3.05) is 20.1 Å². The molecule has 0 atom stereocenters. The predicted molar refractivity (Wildman–Crippen MR) is 70.4 cm³/mol. The van der Waals surface area contributed by atoms with E-state index in [4.69, 9.17) is 0 Å². The van der Waals surface area contributed by atoms with Crippen LogP contribution in [0.5, 0.6) is 5.75 Å². The maximum absolute atomic E-state index is 11.8. The summed E-state index contributed by atoms with van der Waals surface area (Å²) in [6, 6.07) is 3.61. The van der Waals surface area contributed by atoms with E-state index >= 15 is 0 Å². The van der Waals surface area contributed by atoms with Gasteiger partial charge in [-0.15, -0.1) is 0 Å². The quantitative estimate of drug-likeness (QED) is 0.603. The number of nitro benzene ring substituents is 1. The van der Waals surface area contributed by atoms with Crippen LogP contribution in [0, 0.1) is 10.1 Å². The number of likely N-dealkylation sites (N-methyl/N-ethyl adjacent to an activating group) is 1. The molecule has 0 radical (unpaired) electrons. The van der Waals surface area contributed by atoms with E-state index in [1.807, 2.05) is 0 Å². The molecule has 0 unspecified atom stereocenters. The van der Waals surface area contributed by atoms with Gasteiger partial charge in [0.15, 0.2) is 0 Å². The number of nitro groups is 1. The van der Waals surface area contributed by atoms with E-state index in [-0.39, 0.29) is 18.0 Å². The zero-order chi connectivity index (χ0) is 15.3. The SMILES string of the molecule is CCN(C)C(=O)CNC(=O)c1cccc([N+](=O)[O-])c1O. The number of phenols is 1. The maximum Gasteiger partial charge on any atom is 0.311 e. The number of amides is 2. The Balaban J connectivity index is 2.81. The Morgan fingerprint density at radius 2 is 2.10 bits per heavy atom. The molecule has 0 heterocycles. The highest BCUT2D eigenvalue weighted by Crippen LogP contribution is 2.28. The van der Waals surface area contributed by atoms with Gasteiger partial charge >= 0.3 is 5.69 Å². The van der Waals surface area contributed by atoms with Crippen LogP contribution in [0.2, 0.25) is 0 Å². The molecular formula is C12H15N3O5. The van der Waals surface area contributed by atoms with Crippen LogP contribution < -0.4 is 5.32 Å². The van der Waals surface area contributed by atoms with Crippen molar-refractivity contribution in [3.63, 3.8) is 0 Å². The Bertz CT molecular complexity index is 544. The standard InChI is InChI=1S/C12H15N3O5/c1-3-14(2)10(16)7-13-12(18)8-5-4-6-9(11(8)17)15(19)20/h4-6,17H,3,7H2,1-2H3,(H,13,18). The normalized spacial score (nSPS) is 9.90. The van der Waals surface area contributed by atoms with Gasteiger partial charge < -0.3 is 15.3 Å². The monoisotopic (exact) mass is 281 g/mol. The number of para-hydroxylation sites is 1. The maximum atomic E-state index is 11.8. The molecule has 8 nitrogen and oxygen atoms in total. The lowest BCUT2D eigenvalue weighted by Gasteiger charge is -2.14. The summed E-state index contributed by atoms with van der Waals surface area (Å²) in [4.78, 5) is 34.6. The van der Waals surface area contributed by atoms with Crippen molar-refractivity contribution in [3.05, 3.63) is 33.9 Å². The highest BCUT2D eigenvalue weighted by atomic mass is 16.6. The van der Waals surface area contributed by atoms with Gasteiger partial charge in [0.25, 0.3) is 5.91 Å². The average molecular weight is 281 g/mol. The lowest BCUT2D eigenvalue weighted by molar-refractivity contribution is -0.385. The molecule has 1 rings (SSSR count). The summed E-state index contributed by atoms with van der Waals surface area (Å²) in [5, 5.41) is 22.6. The second kappa shape index (κ2) is 6.50. The number of benzene rings is 1. The molecule has 0 bridgehead atoms. The molecule has 2 amide bonds. The Labute approximate surface area is 115 Å². The smallest absolute Gasteiger partial charge is 0.311 e. The van der Waals surface area contributed by atoms with E-state index in [0.29, 0.717) is 6.54 Å². The van der Waals surface area contributed by atoms with Gasteiger partial charge in [-0.05, 0) is 13.0 Å². The topological polar surface area (TPSA) is 113 Å². The van der Waals surface area contributed by atoms with E-state index < -0.39 is 22.3 Å². The molecule has 1 aromatic rings. The molecule has 2 N–H and O–H groups in total. The average Bonchev–Trinajstić information content (AvgIpc) is 2.43. The fraction of sp³-hybridized carbons (Fsp3) is 0.333. The Morgan fingerprint density at radius 1 is 1.45 bits per heavy atom. The largest absolute Gasteiger partial charge is 0.502 e. The molecule has 108 valence electrons. The highest BCUT2D eigenvalue weighted by Gasteiger charge is 2.21. The molecule has 20 heavy (non-hydrogen) atoms. The van der Waals surface area contributed by atoms with Gasteiger partial charge in [0.1, 0.15) is 0 Å². The Kier molecular flexibility index (Phi) is 5.01. The van der Waals surface area contributed by atoms with Gasteiger partial charge in [-0.3, -0.25) is 19.7 Å². The van der Waals surface area contributed by atoms with Crippen LogP contribution in [0.3, 0.4) is 0 Å². The number of nitrogens with one attached hydrogen (secondary N) is 1. The molecule has 0 aliphatic rings. The summed E-state index contributed by atoms with van der Waals surface area (Å²) in [5.41, 5.74) is -0.805.